The predicted octanol–water partition coefficient (Wildman–Crippen LogP) is 2.85. The van der Waals surface area contributed by atoms with Crippen LogP contribution in [0.3, 0.4) is 0 Å². The number of fused-ring (bicyclic) bond motifs is 1. The van der Waals surface area contributed by atoms with Crippen LogP contribution in [-0.2, 0) is 30.0 Å². The second-order valence-corrected chi connectivity index (χ2v) is 6.94. The molecule has 7 heteroatoms. The number of phenolic OH excluding ortho intramolecular Hbond substituents is 1. The van der Waals surface area contributed by atoms with E-state index in [1.54, 1.807) is 12.1 Å². The normalized spacial score (nSPS) is 15.1. The molecule has 0 spiro atoms. The number of aromatic hydroxyl groups is 1. The SMILES string of the molecule is Cc1cc2c(cc1O)CCN(Cc1ccc(OS(=O)(=O)F)cc1)C2. The second kappa shape index (κ2) is 6.41. The van der Waals surface area contributed by atoms with E-state index in [-0.39, 0.29) is 5.75 Å². The van der Waals surface area contributed by atoms with Gasteiger partial charge in [0.2, 0.25) is 0 Å². The Morgan fingerprint density at radius 2 is 1.92 bits per heavy atom. The molecule has 128 valence electrons. The van der Waals surface area contributed by atoms with Crippen LogP contribution in [-0.4, -0.2) is 25.0 Å². The molecule has 1 aliphatic rings. The summed E-state index contributed by atoms with van der Waals surface area (Å²) in [6, 6.07) is 10.2. The second-order valence-electron chi connectivity index (χ2n) is 5.99. The highest BCUT2D eigenvalue weighted by atomic mass is 32.3. The summed E-state index contributed by atoms with van der Waals surface area (Å²) in [6.45, 7) is 4.23. The van der Waals surface area contributed by atoms with Gasteiger partial charge in [-0.05, 0) is 53.8 Å². The van der Waals surface area contributed by atoms with Gasteiger partial charge in [-0.2, -0.15) is 8.42 Å². The molecule has 1 N–H and O–H groups in total. The largest absolute Gasteiger partial charge is 0.508 e. The van der Waals surface area contributed by atoms with E-state index in [4.69, 9.17) is 0 Å². The number of hydrogen-bond donors (Lipinski definition) is 1. The quantitative estimate of drug-likeness (QED) is 0.858. The van der Waals surface area contributed by atoms with Crippen LogP contribution >= 0.6 is 0 Å². The number of aryl methyl sites for hydroxylation is 1. The fraction of sp³-hybridized carbons (Fsp3) is 0.294. The van der Waals surface area contributed by atoms with Crippen LogP contribution < -0.4 is 4.18 Å². The van der Waals surface area contributed by atoms with Gasteiger partial charge in [0.15, 0.2) is 0 Å². The first-order chi connectivity index (χ1) is 11.3. The van der Waals surface area contributed by atoms with Crippen LogP contribution in [0.4, 0.5) is 3.89 Å². The van der Waals surface area contributed by atoms with Gasteiger partial charge >= 0.3 is 10.5 Å². The predicted molar refractivity (Wildman–Crippen MR) is 87.8 cm³/mol. The van der Waals surface area contributed by atoms with Crippen LogP contribution in [0, 0.1) is 6.92 Å². The summed E-state index contributed by atoms with van der Waals surface area (Å²) in [5.41, 5.74) is 4.23. The van der Waals surface area contributed by atoms with Crippen LogP contribution in [0.2, 0.25) is 0 Å². The summed E-state index contributed by atoms with van der Waals surface area (Å²) >= 11 is 0. The van der Waals surface area contributed by atoms with E-state index in [0.717, 1.165) is 30.6 Å². The molecule has 0 radical (unpaired) electrons. The number of rotatable bonds is 4. The molecule has 0 aliphatic carbocycles. The maximum Gasteiger partial charge on any atom is 0.488 e. The fourth-order valence-corrected chi connectivity index (χ4v) is 3.28. The summed E-state index contributed by atoms with van der Waals surface area (Å²) in [5.74, 6) is 0.289. The minimum absolute atomic E-state index is 0.0451. The van der Waals surface area contributed by atoms with Crippen molar-refractivity contribution in [3.63, 3.8) is 0 Å². The maximum absolute atomic E-state index is 12.5. The van der Waals surface area contributed by atoms with Crippen LogP contribution in [0.15, 0.2) is 36.4 Å². The summed E-state index contributed by atoms with van der Waals surface area (Å²) < 4.78 is 37.6. The summed E-state index contributed by atoms with van der Waals surface area (Å²) in [5, 5.41) is 9.79. The molecule has 0 saturated heterocycles. The molecule has 3 rings (SSSR count). The Balaban J connectivity index is 1.68. The van der Waals surface area contributed by atoms with E-state index in [0.29, 0.717) is 12.3 Å². The zero-order valence-electron chi connectivity index (χ0n) is 13.2. The van der Waals surface area contributed by atoms with Crippen molar-refractivity contribution < 1.29 is 21.6 Å². The molecule has 0 fully saturated rings. The van der Waals surface area contributed by atoms with Crippen molar-refractivity contribution in [3.8, 4) is 11.5 Å². The number of benzene rings is 2. The lowest BCUT2D eigenvalue weighted by Crippen LogP contribution is -2.30. The van der Waals surface area contributed by atoms with Gasteiger partial charge in [-0.1, -0.05) is 22.1 Å². The Morgan fingerprint density at radius 3 is 2.58 bits per heavy atom. The number of halogens is 1. The lowest BCUT2D eigenvalue weighted by molar-refractivity contribution is 0.245. The first-order valence-corrected chi connectivity index (χ1v) is 8.88. The lowest BCUT2D eigenvalue weighted by Gasteiger charge is -2.29. The van der Waals surface area contributed by atoms with Gasteiger partial charge in [-0.3, -0.25) is 4.90 Å². The minimum Gasteiger partial charge on any atom is -0.508 e. The zero-order valence-corrected chi connectivity index (χ0v) is 14.0. The number of nitrogens with zero attached hydrogens (tertiary/aromatic N) is 1. The third-order valence-corrected chi connectivity index (χ3v) is 4.53. The first kappa shape index (κ1) is 16.7. The molecule has 2 aromatic carbocycles. The average Bonchev–Trinajstić information content (AvgIpc) is 2.49. The Morgan fingerprint density at radius 1 is 1.21 bits per heavy atom. The van der Waals surface area contributed by atoms with Crippen LogP contribution in [0.25, 0.3) is 0 Å². The van der Waals surface area contributed by atoms with Crippen LogP contribution in [0.1, 0.15) is 22.3 Å². The summed E-state index contributed by atoms with van der Waals surface area (Å²) in [6.07, 6.45) is 0.866. The molecule has 0 amide bonds. The fourth-order valence-electron chi connectivity index (χ4n) is 2.94. The smallest absolute Gasteiger partial charge is 0.488 e. The minimum atomic E-state index is -4.99. The molecule has 1 aliphatic heterocycles. The standard InChI is InChI=1S/C17H18FNO4S/c1-12-8-15-11-19(7-6-14(15)9-17(12)20)10-13-2-4-16(5-3-13)23-24(18,21)22/h2-5,8-9,20H,6-7,10-11H2,1H3. The zero-order chi connectivity index (χ0) is 17.3. The molecule has 0 saturated carbocycles. The van der Waals surface area contributed by atoms with E-state index >= 15 is 0 Å². The number of hydrogen-bond acceptors (Lipinski definition) is 5. The van der Waals surface area contributed by atoms with Crippen molar-refractivity contribution in [2.45, 2.75) is 26.4 Å². The highest BCUT2D eigenvalue weighted by Crippen LogP contribution is 2.27. The van der Waals surface area contributed by atoms with Gasteiger partial charge in [0.05, 0.1) is 0 Å². The summed E-state index contributed by atoms with van der Waals surface area (Å²) in [4.78, 5) is 2.26. The molecule has 1 heterocycles. The highest BCUT2D eigenvalue weighted by molar-refractivity contribution is 7.81. The Labute approximate surface area is 140 Å². The van der Waals surface area contributed by atoms with E-state index in [1.165, 1.54) is 23.3 Å². The van der Waals surface area contributed by atoms with E-state index in [2.05, 4.69) is 9.08 Å². The topological polar surface area (TPSA) is 66.8 Å². The third-order valence-electron chi connectivity index (χ3n) is 4.13. The van der Waals surface area contributed by atoms with Crippen LogP contribution in [0.5, 0.6) is 11.5 Å². The average molecular weight is 351 g/mol. The van der Waals surface area contributed by atoms with Crippen molar-refractivity contribution in [1.82, 2.24) is 4.90 Å². The van der Waals surface area contributed by atoms with Gasteiger partial charge < -0.3 is 9.29 Å². The molecule has 0 unspecified atom stereocenters. The molecule has 24 heavy (non-hydrogen) atoms. The van der Waals surface area contributed by atoms with E-state index in [1.807, 2.05) is 19.1 Å². The van der Waals surface area contributed by atoms with Crippen molar-refractivity contribution in [1.29, 1.82) is 0 Å². The molecule has 5 nitrogen and oxygen atoms in total. The molecule has 0 aromatic heterocycles. The summed E-state index contributed by atoms with van der Waals surface area (Å²) in [7, 11) is -4.99. The Kier molecular flexibility index (Phi) is 4.47. The molecular weight excluding hydrogens is 333 g/mol. The third kappa shape index (κ3) is 4.04. The Bertz CT molecular complexity index is 850. The van der Waals surface area contributed by atoms with Crippen molar-refractivity contribution in [3.05, 3.63) is 58.7 Å². The molecule has 2 aromatic rings. The Hall–Kier alpha value is -2.12. The van der Waals surface area contributed by atoms with Gasteiger partial charge in [-0.25, -0.2) is 0 Å². The highest BCUT2D eigenvalue weighted by Gasteiger charge is 2.18. The van der Waals surface area contributed by atoms with Crippen molar-refractivity contribution in [2.24, 2.45) is 0 Å². The molecule has 0 bridgehead atoms. The lowest BCUT2D eigenvalue weighted by atomic mass is 9.96. The molecular formula is C17H18FNO4S. The number of phenols is 1. The van der Waals surface area contributed by atoms with Gasteiger partial charge in [0.25, 0.3) is 0 Å². The van der Waals surface area contributed by atoms with Gasteiger partial charge in [0, 0.05) is 19.6 Å². The van der Waals surface area contributed by atoms with Gasteiger partial charge in [-0.15, -0.1) is 0 Å². The van der Waals surface area contributed by atoms with E-state index < -0.39 is 10.5 Å². The van der Waals surface area contributed by atoms with E-state index in [9.17, 15) is 17.4 Å². The van der Waals surface area contributed by atoms with Crippen molar-refractivity contribution >= 4 is 10.5 Å². The first-order valence-electron chi connectivity index (χ1n) is 7.57. The maximum atomic E-state index is 12.5. The van der Waals surface area contributed by atoms with Gasteiger partial charge in [0.1, 0.15) is 11.5 Å². The molecule has 0 atom stereocenters. The monoisotopic (exact) mass is 351 g/mol. The van der Waals surface area contributed by atoms with Crippen molar-refractivity contribution in [2.75, 3.05) is 6.54 Å².